The number of nitrogen functional groups attached to an aromatic ring is 1. The summed E-state index contributed by atoms with van der Waals surface area (Å²) >= 11 is 0. The second-order valence-corrected chi connectivity index (χ2v) is 8.89. The van der Waals surface area contributed by atoms with Crippen LogP contribution in [0.2, 0.25) is 0 Å². The minimum absolute atomic E-state index is 0.211. The lowest BCUT2D eigenvalue weighted by molar-refractivity contribution is 0.0383. The van der Waals surface area contributed by atoms with Crippen LogP contribution in [-0.2, 0) is 0 Å². The first-order valence-corrected chi connectivity index (χ1v) is 11.5. The van der Waals surface area contributed by atoms with Crippen LogP contribution in [0.4, 0.5) is 28.8 Å². The number of ether oxygens (including phenoxy) is 2. The van der Waals surface area contributed by atoms with Gasteiger partial charge in [-0.1, -0.05) is 6.07 Å². The zero-order chi connectivity index (χ0) is 24.4. The summed E-state index contributed by atoms with van der Waals surface area (Å²) in [5.74, 6) is 2.51. The van der Waals surface area contributed by atoms with E-state index in [1.165, 1.54) is 0 Å². The number of aromatic nitrogens is 3. The van der Waals surface area contributed by atoms with Gasteiger partial charge in [0.15, 0.2) is 11.5 Å². The highest BCUT2D eigenvalue weighted by molar-refractivity contribution is 5.84. The molecule has 2 aromatic heterocycles. The van der Waals surface area contributed by atoms with Gasteiger partial charge in [-0.2, -0.15) is 4.98 Å². The van der Waals surface area contributed by atoms with Gasteiger partial charge in [-0.3, -0.25) is 4.98 Å². The van der Waals surface area contributed by atoms with E-state index in [1.54, 1.807) is 25.6 Å². The summed E-state index contributed by atoms with van der Waals surface area (Å²) in [5.41, 5.74) is 9.00. The molecule has 1 saturated carbocycles. The Morgan fingerprint density at radius 2 is 1.80 bits per heavy atom. The van der Waals surface area contributed by atoms with E-state index in [1.807, 2.05) is 42.5 Å². The summed E-state index contributed by atoms with van der Waals surface area (Å²) in [7, 11) is 5.84. The number of nitrogens with zero attached hydrogens (tertiary/aromatic N) is 4. The molecule has 180 valence electrons. The number of hydrogen-bond donors (Lipinski definition) is 3. The summed E-state index contributed by atoms with van der Waals surface area (Å²) in [4.78, 5) is 15.6. The predicted octanol–water partition coefficient (Wildman–Crippen LogP) is 4.57. The lowest BCUT2D eigenvalue weighted by atomic mass is 9.88. The lowest BCUT2D eigenvalue weighted by Crippen LogP contribution is -2.46. The van der Waals surface area contributed by atoms with Crippen molar-refractivity contribution in [2.45, 2.75) is 25.0 Å². The molecule has 9 nitrogen and oxygen atoms in total. The van der Waals surface area contributed by atoms with Gasteiger partial charge in [0, 0.05) is 35.1 Å². The molecule has 1 aliphatic rings. The zero-order valence-electron chi connectivity index (χ0n) is 20.0. The molecule has 0 aliphatic heterocycles. The van der Waals surface area contributed by atoms with Crippen LogP contribution in [0.25, 0.3) is 10.9 Å². The molecule has 4 aromatic rings. The van der Waals surface area contributed by atoms with Crippen molar-refractivity contribution in [1.29, 1.82) is 0 Å². The molecule has 1 aliphatic carbocycles. The number of methoxy groups -OCH3 is 1. The van der Waals surface area contributed by atoms with Crippen molar-refractivity contribution < 1.29 is 9.47 Å². The Morgan fingerprint density at radius 1 is 0.943 bits per heavy atom. The number of nitrogens with two attached hydrogens (primary N) is 1. The Hall–Kier alpha value is -4.11. The van der Waals surface area contributed by atoms with Crippen molar-refractivity contribution in [3.05, 3.63) is 60.9 Å². The maximum Gasteiger partial charge on any atom is 0.229 e. The second-order valence-electron chi connectivity index (χ2n) is 8.89. The van der Waals surface area contributed by atoms with Gasteiger partial charge in [-0.25, -0.2) is 4.98 Å². The van der Waals surface area contributed by atoms with E-state index in [-0.39, 0.29) is 6.10 Å². The fourth-order valence-corrected chi connectivity index (χ4v) is 4.05. The SMILES string of the molecule is COc1cc(Nc2nccc(Nc3cnc4cc(N)ccc4c3)n2)ccc1OC1CC(N(C)C)C1. The second kappa shape index (κ2) is 9.63. The van der Waals surface area contributed by atoms with Gasteiger partial charge in [0.2, 0.25) is 5.95 Å². The third-order valence-electron chi connectivity index (χ3n) is 6.15. The molecule has 0 spiro atoms. The van der Waals surface area contributed by atoms with Crippen LogP contribution < -0.4 is 25.8 Å². The van der Waals surface area contributed by atoms with Gasteiger partial charge in [0.05, 0.1) is 24.5 Å². The van der Waals surface area contributed by atoms with Crippen molar-refractivity contribution in [3.63, 3.8) is 0 Å². The molecule has 2 heterocycles. The Bertz CT molecular complexity index is 1340. The molecular weight excluding hydrogens is 442 g/mol. The number of hydrogen-bond acceptors (Lipinski definition) is 9. The molecule has 0 saturated heterocycles. The molecule has 1 fully saturated rings. The van der Waals surface area contributed by atoms with Crippen LogP contribution in [0, 0.1) is 0 Å². The summed E-state index contributed by atoms with van der Waals surface area (Å²) in [5, 5.41) is 7.51. The largest absolute Gasteiger partial charge is 0.493 e. The monoisotopic (exact) mass is 471 g/mol. The minimum Gasteiger partial charge on any atom is -0.493 e. The number of benzene rings is 2. The predicted molar refractivity (Wildman–Crippen MR) is 139 cm³/mol. The molecule has 0 unspecified atom stereocenters. The highest BCUT2D eigenvalue weighted by Crippen LogP contribution is 2.36. The van der Waals surface area contributed by atoms with Gasteiger partial charge in [-0.15, -0.1) is 0 Å². The van der Waals surface area contributed by atoms with Crippen LogP contribution >= 0.6 is 0 Å². The first-order valence-electron chi connectivity index (χ1n) is 11.5. The Labute approximate surface area is 204 Å². The molecule has 0 bridgehead atoms. The third kappa shape index (κ3) is 5.20. The normalized spacial score (nSPS) is 17.1. The summed E-state index contributed by atoms with van der Waals surface area (Å²) < 4.78 is 11.7. The van der Waals surface area contributed by atoms with Crippen molar-refractivity contribution in [2.75, 3.05) is 37.6 Å². The topological polar surface area (TPSA) is 110 Å². The molecule has 9 heteroatoms. The summed E-state index contributed by atoms with van der Waals surface area (Å²) in [6.45, 7) is 0. The zero-order valence-corrected chi connectivity index (χ0v) is 20.0. The Balaban J connectivity index is 1.26. The average molecular weight is 472 g/mol. The summed E-state index contributed by atoms with van der Waals surface area (Å²) in [6.07, 6.45) is 5.70. The molecule has 0 amide bonds. The number of fused-ring (bicyclic) bond motifs is 1. The van der Waals surface area contributed by atoms with E-state index in [2.05, 4.69) is 44.6 Å². The molecule has 2 aromatic carbocycles. The molecule has 4 N–H and O–H groups in total. The highest BCUT2D eigenvalue weighted by atomic mass is 16.5. The third-order valence-corrected chi connectivity index (χ3v) is 6.15. The van der Waals surface area contributed by atoms with Crippen molar-refractivity contribution in [2.24, 2.45) is 0 Å². The van der Waals surface area contributed by atoms with E-state index in [4.69, 9.17) is 15.2 Å². The number of nitrogens with one attached hydrogen (secondary N) is 2. The van der Waals surface area contributed by atoms with Crippen LogP contribution in [0.15, 0.2) is 60.9 Å². The fraction of sp³-hybridized carbons (Fsp3) is 0.269. The molecule has 0 atom stereocenters. The van der Waals surface area contributed by atoms with Gasteiger partial charge >= 0.3 is 0 Å². The van der Waals surface area contributed by atoms with E-state index >= 15 is 0 Å². The molecular formula is C26H29N7O2. The van der Waals surface area contributed by atoms with E-state index in [0.717, 1.165) is 40.9 Å². The van der Waals surface area contributed by atoms with E-state index in [0.29, 0.717) is 29.2 Å². The maximum absolute atomic E-state index is 6.15. The van der Waals surface area contributed by atoms with Gasteiger partial charge in [0.1, 0.15) is 11.9 Å². The van der Waals surface area contributed by atoms with Crippen LogP contribution in [0.5, 0.6) is 11.5 Å². The number of rotatable bonds is 8. The molecule has 0 radical (unpaired) electrons. The summed E-state index contributed by atoms with van der Waals surface area (Å²) in [6, 6.07) is 15.8. The fourth-order valence-electron chi connectivity index (χ4n) is 4.05. The first-order chi connectivity index (χ1) is 17.0. The number of anilines is 5. The Morgan fingerprint density at radius 3 is 2.60 bits per heavy atom. The van der Waals surface area contributed by atoms with E-state index in [9.17, 15) is 0 Å². The highest BCUT2D eigenvalue weighted by Gasteiger charge is 2.32. The average Bonchev–Trinajstić information content (AvgIpc) is 2.82. The van der Waals surface area contributed by atoms with E-state index < -0.39 is 0 Å². The molecule has 35 heavy (non-hydrogen) atoms. The van der Waals surface area contributed by atoms with Crippen molar-refractivity contribution in [1.82, 2.24) is 19.9 Å². The van der Waals surface area contributed by atoms with Gasteiger partial charge in [-0.05, 0) is 63.3 Å². The maximum atomic E-state index is 6.15. The quantitative estimate of drug-likeness (QED) is 0.318. The number of pyridine rings is 1. The van der Waals surface area contributed by atoms with Crippen LogP contribution in [0.3, 0.4) is 0 Å². The van der Waals surface area contributed by atoms with Crippen LogP contribution in [0.1, 0.15) is 12.8 Å². The van der Waals surface area contributed by atoms with Crippen LogP contribution in [-0.4, -0.2) is 53.2 Å². The Kier molecular flexibility index (Phi) is 6.24. The van der Waals surface area contributed by atoms with Crippen molar-refractivity contribution >= 4 is 39.7 Å². The first kappa shape index (κ1) is 22.7. The minimum atomic E-state index is 0.211. The molecule has 5 rings (SSSR count). The standard InChI is InChI=1S/C26H29N7O2/c1-33(2)20-13-21(14-20)35-23-7-6-18(12-24(23)34-3)31-26-28-9-8-25(32-26)30-19-10-16-4-5-17(27)11-22(16)29-15-19/h4-12,15,20-21H,13-14,27H2,1-3H3,(H2,28,30,31,32). The van der Waals surface area contributed by atoms with Gasteiger partial charge in [0.25, 0.3) is 0 Å². The lowest BCUT2D eigenvalue weighted by Gasteiger charge is -2.39. The smallest absolute Gasteiger partial charge is 0.229 e. The van der Waals surface area contributed by atoms with Gasteiger partial charge < -0.3 is 30.7 Å². The van der Waals surface area contributed by atoms with Crippen molar-refractivity contribution in [3.8, 4) is 11.5 Å².